The molecule has 0 saturated carbocycles. The molecule has 0 aromatic carbocycles. The van der Waals surface area contributed by atoms with Gasteiger partial charge in [-0.1, -0.05) is 0 Å². The molecule has 0 aromatic heterocycles. The molecule has 1 amide bonds. The maximum atomic E-state index is 13.0. The molecule has 14 heavy (non-hydrogen) atoms. The number of nitrogens with zero attached hydrogens (tertiary/aromatic N) is 1. The molecule has 4 heteroatoms. The quantitative estimate of drug-likeness (QED) is 0.605. The van der Waals surface area contributed by atoms with Crippen LogP contribution in [-0.2, 0) is 4.74 Å². The van der Waals surface area contributed by atoms with Gasteiger partial charge in [-0.2, -0.15) is 0 Å². The van der Waals surface area contributed by atoms with Gasteiger partial charge in [0.1, 0.15) is 11.8 Å². The summed E-state index contributed by atoms with van der Waals surface area (Å²) in [5.74, 6) is 0. The molecule has 82 valence electrons. The number of alkyl halides is 1. The van der Waals surface area contributed by atoms with Gasteiger partial charge in [-0.15, -0.1) is 0 Å². The zero-order valence-corrected chi connectivity index (χ0v) is 9.05. The molecule has 1 fully saturated rings. The molecule has 0 radical (unpaired) electrons. The minimum absolute atomic E-state index is 0.176. The van der Waals surface area contributed by atoms with Gasteiger partial charge in [0.25, 0.3) is 0 Å². The van der Waals surface area contributed by atoms with Crippen molar-refractivity contribution >= 4 is 6.09 Å². The predicted molar refractivity (Wildman–Crippen MR) is 51.9 cm³/mol. The van der Waals surface area contributed by atoms with Crippen molar-refractivity contribution in [3.63, 3.8) is 0 Å². The van der Waals surface area contributed by atoms with Crippen molar-refractivity contribution in [1.29, 1.82) is 0 Å². The number of amides is 1. The van der Waals surface area contributed by atoms with Crippen molar-refractivity contribution < 1.29 is 13.9 Å². The molecule has 0 aromatic rings. The Balaban J connectivity index is 2.44. The highest BCUT2D eigenvalue weighted by atomic mass is 19.1. The Kier molecular flexibility index (Phi) is 3.34. The lowest BCUT2D eigenvalue weighted by molar-refractivity contribution is 0.0139. The zero-order valence-electron chi connectivity index (χ0n) is 9.05. The lowest BCUT2D eigenvalue weighted by atomic mass is 10.1. The van der Waals surface area contributed by atoms with Gasteiger partial charge in [0, 0.05) is 6.54 Å². The summed E-state index contributed by atoms with van der Waals surface area (Å²) in [5, 5.41) is 0. The van der Waals surface area contributed by atoms with Crippen LogP contribution < -0.4 is 0 Å². The summed E-state index contributed by atoms with van der Waals surface area (Å²) in [4.78, 5) is 12.9. The first-order valence-corrected chi connectivity index (χ1v) is 5.00. The molecule has 1 heterocycles. The summed E-state index contributed by atoms with van der Waals surface area (Å²) >= 11 is 0. The third-order valence-corrected chi connectivity index (χ3v) is 2.02. The molecule has 1 aliphatic rings. The highest BCUT2D eigenvalue weighted by Gasteiger charge is 2.27. The Morgan fingerprint density at radius 1 is 1.50 bits per heavy atom. The van der Waals surface area contributed by atoms with Crippen molar-refractivity contribution in [3.8, 4) is 0 Å². The van der Waals surface area contributed by atoms with E-state index < -0.39 is 17.9 Å². The first-order valence-electron chi connectivity index (χ1n) is 5.00. The molecule has 0 unspecified atom stereocenters. The van der Waals surface area contributed by atoms with Crippen LogP contribution in [0, 0.1) is 0 Å². The highest BCUT2D eigenvalue weighted by Crippen LogP contribution is 2.16. The van der Waals surface area contributed by atoms with Crippen molar-refractivity contribution in [1.82, 2.24) is 4.90 Å². The minimum Gasteiger partial charge on any atom is -0.444 e. The molecule has 0 N–H and O–H groups in total. The lowest BCUT2D eigenvalue weighted by Crippen LogP contribution is -2.43. The fourth-order valence-corrected chi connectivity index (χ4v) is 1.42. The minimum atomic E-state index is -0.892. The van der Waals surface area contributed by atoms with Crippen LogP contribution in [-0.4, -0.2) is 35.9 Å². The van der Waals surface area contributed by atoms with E-state index in [-0.39, 0.29) is 6.54 Å². The largest absolute Gasteiger partial charge is 0.444 e. The maximum Gasteiger partial charge on any atom is 0.410 e. The third kappa shape index (κ3) is 3.52. The van der Waals surface area contributed by atoms with Gasteiger partial charge in [-0.25, -0.2) is 9.18 Å². The molecule has 0 aliphatic carbocycles. The number of carbonyl (C=O) groups excluding carboxylic acids is 1. The first kappa shape index (κ1) is 11.3. The van der Waals surface area contributed by atoms with E-state index in [1.165, 1.54) is 4.90 Å². The number of hydrogen-bond acceptors (Lipinski definition) is 2. The van der Waals surface area contributed by atoms with Gasteiger partial charge in [0.15, 0.2) is 0 Å². The van der Waals surface area contributed by atoms with Crippen LogP contribution in [0.1, 0.15) is 33.6 Å². The van der Waals surface area contributed by atoms with Crippen LogP contribution in [0.3, 0.4) is 0 Å². The van der Waals surface area contributed by atoms with E-state index in [0.717, 1.165) is 6.42 Å². The van der Waals surface area contributed by atoms with Crippen molar-refractivity contribution in [2.75, 3.05) is 13.1 Å². The summed E-state index contributed by atoms with van der Waals surface area (Å²) in [5.41, 5.74) is -0.500. The average Bonchev–Trinajstić information content (AvgIpc) is 2.01. The van der Waals surface area contributed by atoms with Crippen LogP contribution in [0.5, 0.6) is 0 Å². The van der Waals surface area contributed by atoms with Gasteiger partial charge in [-0.05, 0) is 33.6 Å². The molecule has 3 nitrogen and oxygen atoms in total. The van der Waals surface area contributed by atoms with E-state index >= 15 is 0 Å². The molecule has 1 aliphatic heterocycles. The number of likely N-dealkylation sites (tertiary alicyclic amines) is 1. The topological polar surface area (TPSA) is 29.5 Å². The third-order valence-electron chi connectivity index (χ3n) is 2.02. The summed E-state index contributed by atoms with van der Waals surface area (Å²) in [6.45, 7) is 6.20. The van der Waals surface area contributed by atoms with E-state index in [1.807, 2.05) is 20.8 Å². The smallest absolute Gasteiger partial charge is 0.410 e. The Bertz CT molecular complexity index is 213. The second kappa shape index (κ2) is 4.15. The zero-order chi connectivity index (χ0) is 10.8. The standard InChI is InChI=1S/C10H18FNO2/c1-10(2,3)14-9(13)12-6-4-5-8(11)7-12/h8H,4-7H2,1-3H3/t8-/m0/s1. The van der Waals surface area contributed by atoms with E-state index in [0.29, 0.717) is 13.0 Å². The maximum absolute atomic E-state index is 13.0. The van der Waals surface area contributed by atoms with Crippen LogP contribution in [0.25, 0.3) is 0 Å². The Hall–Kier alpha value is -0.800. The Labute approximate surface area is 84.2 Å². The monoisotopic (exact) mass is 203 g/mol. The van der Waals surface area contributed by atoms with E-state index in [2.05, 4.69) is 0 Å². The molecular weight excluding hydrogens is 185 g/mol. The fourth-order valence-electron chi connectivity index (χ4n) is 1.42. The predicted octanol–water partition coefficient (Wildman–Crippen LogP) is 2.36. The van der Waals surface area contributed by atoms with Gasteiger partial charge in [0.2, 0.25) is 0 Å². The van der Waals surface area contributed by atoms with Gasteiger partial charge >= 0.3 is 6.09 Å². The number of carbonyl (C=O) groups is 1. The molecule has 1 saturated heterocycles. The van der Waals surface area contributed by atoms with Crippen LogP contribution in [0.4, 0.5) is 9.18 Å². The molecule has 1 rings (SSSR count). The Morgan fingerprint density at radius 3 is 2.64 bits per heavy atom. The number of piperidine rings is 1. The van der Waals surface area contributed by atoms with E-state index in [9.17, 15) is 9.18 Å². The lowest BCUT2D eigenvalue weighted by Gasteiger charge is -2.31. The van der Waals surface area contributed by atoms with E-state index in [1.54, 1.807) is 0 Å². The summed E-state index contributed by atoms with van der Waals surface area (Å²) < 4.78 is 18.1. The SMILES string of the molecule is CC(C)(C)OC(=O)N1CCC[C@H](F)C1. The number of rotatable bonds is 0. The van der Waals surface area contributed by atoms with Gasteiger partial charge in [0.05, 0.1) is 6.54 Å². The Morgan fingerprint density at radius 2 is 2.14 bits per heavy atom. The second-order valence-corrected chi connectivity index (χ2v) is 4.67. The van der Waals surface area contributed by atoms with Crippen LogP contribution in [0.15, 0.2) is 0 Å². The van der Waals surface area contributed by atoms with Crippen molar-refractivity contribution in [2.45, 2.75) is 45.4 Å². The van der Waals surface area contributed by atoms with E-state index in [4.69, 9.17) is 4.74 Å². The second-order valence-electron chi connectivity index (χ2n) is 4.67. The molecule has 0 bridgehead atoms. The highest BCUT2D eigenvalue weighted by molar-refractivity contribution is 5.68. The summed E-state index contributed by atoms with van der Waals surface area (Å²) in [6, 6.07) is 0. The van der Waals surface area contributed by atoms with Crippen LogP contribution in [0.2, 0.25) is 0 Å². The summed E-state index contributed by atoms with van der Waals surface area (Å²) in [7, 11) is 0. The van der Waals surface area contributed by atoms with Gasteiger partial charge < -0.3 is 9.64 Å². The number of ether oxygens (including phenoxy) is 1. The van der Waals surface area contributed by atoms with Gasteiger partial charge in [-0.3, -0.25) is 0 Å². The normalized spacial score (nSPS) is 23.4. The average molecular weight is 203 g/mol. The molecule has 1 atom stereocenters. The number of halogens is 1. The molecular formula is C10H18FNO2. The number of hydrogen-bond donors (Lipinski definition) is 0. The van der Waals surface area contributed by atoms with Crippen LogP contribution >= 0.6 is 0 Å². The first-order chi connectivity index (χ1) is 6.38. The fraction of sp³-hybridized carbons (Fsp3) is 0.900. The van der Waals surface area contributed by atoms with Crippen molar-refractivity contribution in [2.24, 2.45) is 0 Å². The molecule has 0 spiro atoms. The van der Waals surface area contributed by atoms with Crippen molar-refractivity contribution in [3.05, 3.63) is 0 Å². The summed E-state index contributed by atoms with van der Waals surface area (Å²) in [6.07, 6.45) is -0.0178.